The summed E-state index contributed by atoms with van der Waals surface area (Å²) in [6.07, 6.45) is -4.18. The Morgan fingerprint density at radius 1 is 1.14 bits per heavy atom. The van der Waals surface area contributed by atoms with Crippen molar-refractivity contribution >= 4 is 6.09 Å². The molecule has 158 valence electrons. The summed E-state index contributed by atoms with van der Waals surface area (Å²) in [5.74, 6) is -0.178. The number of amides is 1. The van der Waals surface area contributed by atoms with Crippen molar-refractivity contribution in [3.05, 3.63) is 71.5 Å². The molecule has 1 amide bonds. The van der Waals surface area contributed by atoms with Gasteiger partial charge < -0.3 is 14.7 Å². The van der Waals surface area contributed by atoms with Crippen LogP contribution in [0, 0.1) is 5.82 Å². The molecule has 1 saturated heterocycles. The van der Waals surface area contributed by atoms with Gasteiger partial charge in [-0.05, 0) is 36.8 Å². The summed E-state index contributed by atoms with van der Waals surface area (Å²) in [5, 5.41) is 8.85. The van der Waals surface area contributed by atoms with Crippen molar-refractivity contribution in [2.24, 2.45) is 0 Å². The van der Waals surface area contributed by atoms with Crippen LogP contribution in [0.1, 0.15) is 36.9 Å². The van der Waals surface area contributed by atoms with E-state index in [9.17, 15) is 22.4 Å². The molecular weight excluding hydrogens is 390 g/mol. The Hall–Kier alpha value is -2.61. The molecule has 1 fully saturated rings. The first-order valence-electron chi connectivity index (χ1n) is 9.18. The van der Waals surface area contributed by atoms with Crippen molar-refractivity contribution in [2.45, 2.75) is 38.1 Å². The van der Waals surface area contributed by atoms with Gasteiger partial charge in [0.15, 0.2) is 0 Å². The third-order valence-corrected chi connectivity index (χ3v) is 4.57. The second-order valence-electron chi connectivity index (χ2n) is 6.59. The van der Waals surface area contributed by atoms with E-state index in [0.29, 0.717) is 24.9 Å². The van der Waals surface area contributed by atoms with Gasteiger partial charge in [-0.3, -0.25) is 0 Å². The predicted molar refractivity (Wildman–Crippen MR) is 99.6 cm³/mol. The van der Waals surface area contributed by atoms with Crippen LogP contribution in [0.4, 0.5) is 22.4 Å². The minimum Gasteiger partial charge on any atom is -0.446 e. The van der Waals surface area contributed by atoms with Crippen LogP contribution in [0.15, 0.2) is 54.6 Å². The highest BCUT2D eigenvalue weighted by Gasteiger charge is 2.32. The Morgan fingerprint density at radius 3 is 2.21 bits per heavy atom. The van der Waals surface area contributed by atoms with Gasteiger partial charge in [-0.2, -0.15) is 13.2 Å². The fourth-order valence-corrected chi connectivity index (χ4v) is 2.89. The topological polar surface area (TPSA) is 49.8 Å². The number of aliphatic hydroxyl groups is 1. The van der Waals surface area contributed by atoms with Crippen LogP contribution in [-0.4, -0.2) is 35.4 Å². The Bertz CT molecular complexity index is 766. The standard InChI is InChI=1S/C15H18F3NO3.C6H5F/c1-10(11-2-4-12(5-3-11)15(16,17)18)19-8-6-13(7-9-20)22-14(19)21;7-6-4-2-1-3-5-6/h2-5,10,13,20H,6-9H2,1H3;1-5H. The number of nitrogens with zero attached hydrogens (tertiary/aromatic N) is 1. The van der Waals surface area contributed by atoms with Crippen molar-refractivity contribution in [1.29, 1.82) is 0 Å². The van der Waals surface area contributed by atoms with E-state index in [1.807, 2.05) is 0 Å². The van der Waals surface area contributed by atoms with Gasteiger partial charge in [0.1, 0.15) is 11.9 Å². The van der Waals surface area contributed by atoms with Gasteiger partial charge in [0, 0.05) is 26.0 Å². The molecule has 2 aromatic rings. The maximum atomic E-state index is 12.5. The second kappa shape index (κ2) is 10.2. The van der Waals surface area contributed by atoms with E-state index in [0.717, 1.165) is 12.1 Å². The quantitative estimate of drug-likeness (QED) is 0.703. The van der Waals surface area contributed by atoms with Crippen LogP contribution in [0.2, 0.25) is 0 Å². The third kappa shape index (κ3) is 6.74. The largest absolute Gasteiger partial charge is 0.446 e. The zero-order valence-electron chi connectivity index (χ0n) is 15.9. The molecule has 2 atom stereocenters. The van der Waals surface area contributed by atoms with Gasteiger partial charge >= 0.3 is 12.3 Å². The number of cyclic esters (lactones) is 1. The summed E-state index contributed by atoms with van der Waals surface area (Å²) in [5.41, 5.74) is -0.0989. The molecular formula is C21H23F4NO3. The average molecular weight is 413 g/mol. The number of halogens is 4. The predicted octanol–water partition coefficient (Wildman–Crippen LogP) is 5.19. The summed E-state index contributed by atoms with van der Waals surface area (Å²) < 4.78 is 54.8. The summed E-state index contributed by atoms with van der Waals surface area (Å²) in [6.45, 7) is 2.15. The van der Waals surface area contributed by atoms with Gasteiger partial charge in [-0.25, -0.2) is 9.18 Å². The molecule has 0 bridgehead atoms. The third-order valence-electron chi connectivity index (χ3n) is 4.57. The molecule has 2 unspecified atom stereocenters. The maximum absolute atomic E-state index is 12.5. The van der Waals surface area contributed by atoms with E-state index in [-0.39, 0.29) is 24.6 Å². The lowest BCUT2D eigenvalue weighted by Crippen LogP contribution is -2.43. The SMILES string of the molecule is CC(c1ccc(C(F)(F)F)cc1)N1CCC(CCO)OC1=O.Fc1ccccc1. The van der Waals surface area contributed by atoms with Crippen LogP contribution in [0.3, 0.4) is 0 Å². The molecule has 3 rings (SSSR count). The number of alkyl halides is 3. The van der Waals surface area contributed by atoms with E-state index >= 15 is 0 Å². The van der Waals surface area contributed by atoms with Crippen molar-refractivity contribution in [3.8, 4) is 0 Å². The van der Waals surface area contributed by atoms with Crippen molar-refractivity contribution < 1.29 is 32.2 Å². The molecule has 0 saturated carbocycles. The van der Waals surface area contributed by atoms with Crippen molar-refractivity contribution in [2.75, 3.05) is 13.2 Å². The van der Waals surface area contributed by atoms with E-state index in [1.54, 1.807) is 25.1 Å². The number of benzene rings is 2. The minimum atomic E-state index is -4.37. The molecule has 1 aliphatic rings. The molecule has 0 aliphatic carbocycles. The van der Waals surface area contributed by atoms with Gasteiger partial charge in [0.2, 0.25) is 0 Å². The molecule has 0 aromatic heterocycles. The average Bonchev–Trinajstić information content (AvgIpc) is 2.68. The number of ether oxygens (including phenoxy) is 1. The van der Waals surface area contributed by atoms with Crippen molar-refractivity contribution in [1.82, 2.24) is 4.90 Å². The first-order chi connectivity index (χ1) is 13.7. The highest BCUT2D eigenvalue weighted by atomic mass is 19.4. The Kier molecular flexibility index (Phi) is 8.01. The molecule has 1 heterocycles. The normalized spacial score (nSPS) is 17.8. The molecule has 0 radical (unpaired) electrons. The van der Waals surface area contributed by atoms with Gasteiger partial charge in [0.25, 0.3) is 0 Å². The fraction of sp³-hybridized carbons (Fsp3) is 0.381. The molecule has 1 aliphatic heterocycles. The maximum Gasteiger partial charge on any atom is 0.416 e. The monoisotopic (exact) mass is 413 g/mol. The number of carbonyl (C=O) groups is 1. The lowest BCUT2D eigenvalue weighted by molar-refractivity contribution is -0.137. The van der Waals surface area contributed by atoms with Crippen LogP contribution < -0.4 is 0 Å². The first kappa shape index (κ1) is 22.7. The van der Waals surface area contributed by atoms with E-state index in [1.165, 1.54) is 29.2 Å². The van der Waals surface area contributed by atoms with E-state index in [4.69, 9.17) is 9.84 Å². The highest BCUT2D eigenvalue weighted by Crippen LogP contribution is 2.31. The molecule has 29 heavy (non-hydrogen) atoms. The lowest BCUT2D eigenvalue weighted by atomic mass is 10.0. The molecule has 1 N–H and O–H groups in total. The molecule has 2 aromatic carbocycles. The van der Waals surface area contributed by atoms with Gasteiger partial charge in [-0.15, -0.1) is 0 Å². The number of aliphatic hydroxyl groups excluding tert-OH is 1. The first-order valence-corrected chi connectivity index (χ1v) is 9.18. The summed E-state index contributed by atoms with van der Waals surface area (Å²) in [7, 11) is 0. The van der Waals surface area contributed by atoms with Gasteiger partial charge in [-0.1, -0.05) is 30.3 Å². The smallest absolute Gasteiger partial charge is 0.416 e. The molecule has 4 nitrogen and oxygen atoms in total. The lowest BCUT2D eigenvalue weighted by Gasteiger charge is -2.35. The van der Waals surface area contributed by atoms with Crippen LogP contribution >= 0.6 is 0 Å². The van der Waals surface area contributed by atoms with Gasteiger partial charge in [0.05, 0.1) is 11.6 Å². The fourth-order valence-electron chi connectivity index (χ4n) is 2.89. The number of rotatable bonds is 4. The zero-order chi connectivity index (χ0) is 21.4. The molecule has 0 spiro atoms. The summed E-state index contributed by atoms with van der Waals surface area (Å²) >= 11 is 0. The summed E-state index contributed by atoms with van der Waals surface area (Å²) in [4.78, 5) is 13.4. The Balaban J connectivity index is 0.000000360. The Labute approximate surface area is 166 Å². The Morgan fingerprint density at radius 2 is 1.76 bits per heavy atom. The van der Waals surface area contributed by atoms with Crippen molar-refractivity contribution in [3.63, 3.8) is 0 Å². The van der Waals surface area contributed by atoms with Crippen LogP contribution in [-0.2, 0) is 10.9 Å². The number of hydrogen-bond acceptors (Lipinski definition) is 3. The van der Waals surface area contributed by atoms with Crippen LogP contribution in [0.25, 0.3) is 0 Å². The number of carbonyl (C=O) groups excluding carboxylic acids is 1. The zero-order valence-corrected chi connectivity index (χ0v) is 15.9. The van der Waals surface area contributed by atoms with Crippen LogP contribution in [0.5, 0.6) is 0 Å². The number of hydrogen-bond donors (Lipinski definition) is 1. The van der Waals surface area contributed by atoms with E-state index < -0.39 is 17.8 Å². The minimum absolute atomic E-state index is 0.0492. The highest BCUT2D eigenvalue weighted by molar-refractivity contribution is 5.69. The second-order valence-corrected chi connectivity index (χ2v) is 6.59. The van der Waals surface area contributed by atoms with E-state index in [2.05, 4.69) is 0 Å². The molecule has 8 heteroatoms. The summed E-state index contributed by atoms with van der Waals surface area (Å²) in [6, 6.07) is 12.3.